The van der Waals surface area contributed by atoms with Gasteiger partial charge < -0.3 is 10.2 Å². The van der Waals surface area contributed by atoms with Gasteiger partial charge in [0.25, 0.3) is 0 Å². The Balaban J connectivity index is 1.89. The normalized spacial score (nSPS) is 19.0. The Kier molecular flexibility index (Phi) is 3.96. The monoisotopic (exact) mass is 267 g/mol. The van der Waals surface area contributed by atoms with Gasteiger partial charge in [-0.25, -0.2) is 4.98 Å². The van der Waals surface area contributed by atoms with Crippen LogP contribution in [0.4, 0.5) is 0 Å². The summed E-state index contributed by atoms with van der Waals surface area (Å²) in [6, 6.07) is -0.302. The summed E-state index contributed by atoms with van der Waals surface area (Å²) in [5, 5.41) is 5.71. The number of nitrogens with one attached hydrogen (secondary N) is 1. The van der Waals surface area contributed by atoms with Crippen molar-refractivity contribution < 1.29 is 9.59 Å². The van der Waals surface area contributed by atoms with E-state index in [-0.39, 0.29) is 17.9 Å². The number of aryl methyl sites for hydroxylation is 1. The van der Waals surface area contributed by atoms with Gasteiger partial charge >= 0.3 is 0 Å². The van der Waals surface area contributed by atoms with Crippen molar-refractivity contribution in [2.45, 2.75) is 39.3 Å². The lowest BCUT2D eigenvalue weighted by molar-refractivity contribution is -0.136. The van der Waals surface area contributed by atoms with Crippen LogP contribution >= 0.6 is 11.3 Å². The van der Waals surface area contributed by atoms with E-state index < -0.39 is 0 Å². The molecule has 0 aliphatic carbocycles. The zero-order chi connectivity index (χ0) is 13.1. The number of likely N-dealkylation sites (tertiary alicyclic amines) is 1. The summed E-state index contributed by atoms with van der Waals surface area (Å²) >= 11 is 1.53. The third kappa shape index (κ3) is 2.87. The lowest BCUT2D eigenvalue weighted by Gasteiger charge is -2.22. The van der Waals surface area contributed by atoms with Crippen LogP contribution in [-0.4, -0.2) is 34.3 Å². The fourth-order valence-electron chi connectivity index (χ4n) is 2.18. The van der Waals surface area contributed by atoms with Crippen molar-refractivity contribution in [1.82, 2.24) is 15.2 Å². The van der Waals surface area contributed by atoms with Crippen LogP contribution in [0.3, 0.4) is 0 Å². The van der Waals surface area contributed by atoms with Crippen molar-refractivity contribution in [1.29, 1.82) is 0 Å². The number of carbonyl (C=O) groups is 2. The van der Waals surface area contributed by atoms with Crippen LogP contribution < -0.4 is 5.32 Å². The molecule has 2 rings (SSSR count). The summed E-state index contributed by atoms with van der Waals surface area (Å²) in [7, 11) is 0. The van der Waals surface area contributed by atoms with E-state index in [0.717, 1.165) is 23.5 Å². The highest BCUT2D eigenvalue weighted by Gasteiger charge is 2.32. The summed E-state index contributed by atoms with van der Waals surface area (Å²) in [6.45, 7) is 4.56. The molecule has 0 radical (unpaired) electrons. The van der Waals surface area contributed by atoms with Crippen LogP contribution in [-0.2, 0) is 16.1 Å². The van der Waals surface area contributed by atoms with E-state index in [4.69, 9.17) is 0 Å². The maximum absolute atomic E-state index is 12.0. The molecule has 1 aromatic rings. The van der Waals surface area contributed by atoms with Crippen molar-refractivity contribution in [2.75, 3.05) is 6.54 Å². The van der Waals surface area contributed by atoms with E-state index in [1.165, 1.54) is 18.3 Å². The molecule has 0 bridgehead atoms. The average Bonchev–Trinajstić information content (AvgIpc) is 2.94. The number of rotatable bonds is 3. The molecule has 6 heteroatoms. The van der Waals surface area contributed by atoms with Crippen molar-refractivity contribution >= 4 is 23.2 Å². The largest absolute Gasteiger partial charge is 0.348 e. The second kappa shape index (κ2) is 5.48. The zero-order valence-corrected chi connectivity index (χ0v) is 11.4. The summed E-state index contributed by atoms with van der Waals surface area (Å²) in [5.74, 6) is -0.103. The van der Waals surface area contributed by atoms with Gasteiger partial charge in [-0.3, -0.25) is 9.59 Å². The molecule has 18 heavy (non-hydrogen) atoms. The van der Waals surface area contributed by atoms with Gasteiger partial charge in [0.2, 0.25) is 11.8 Å². The Morgan fingerprint density at radius 2 is 2.39 bits per heavy atom. The molecule has 0 spiro atoms. The molecule has 1 aromatic heterocycles. The van der Waals surface area contributed by atoms with E-state index in [1.807, 2.05) is 12.3 Å². The van der Waals surface area contributed by atoms with Crippen molar-refractivity contribution in [3.63, 3.8) is 0 Å². The van der Waals surface area contributed by atoms with Crippen LogP contribution in [0.1, 0.15) is 30.5 Å². The standard InChI is InChI=1S/C12H17N3O2S/c1-8-7-18-11(14-8)6-13-12(17)10-4-3-5-15(10)9(2)16/h7,10H,3-6H2,1-2H3,(H,13,17)/t10-/m0/s1. The van der Waals surface area contributed by atoms with E-state index in [9.17, 15) is 9.59 Å². The van der Waals surface area contributed by atoms with E-state index in [1.54, 1.807) is 4.90 Å². The first kappa shape index (κ1) is 13.0. The first-order valence-electron chi connectivity index (χ1n) is 6.04. The minimum atomic E-state index is -0.302. The fourth-order valence-corrected chi connectivity index (χ4v) is 2.89. The smallest absolute Gasteiger partial charge is 0.243 e. The third-order valence-electron chi connectivity index (χ3n) is 3.04. The quantitative estimate of drug-likeness (QED) is 0.891. The van der Waals surface area contributed by atoms with Crippen LogP contribution in [0.15, 0.2) is 5.38 Å². The van der Waals surface area contributed by atoms with Crippen LogP contribution in [0.2, 0.25) is 0 Å². The highest BCUT2D eigenvalue weighted by Crippen LogP contribution is 2.17. The number of aromatic nitrogens is 1. The van der Waals surface area contributed by atoms with Gasteiger partial charge in [0.05, 0.1) is 6.54 Å². The van der Waals surface area contributed by atoms with Gasteiger partial charge in [-0.2, -0.15) is 0 Å². The second-order valence-corrected chi connectivity index (χ2v) is 5.41. The molecular formula is C12H17N3O2S. The van der Waals surface area contributed by atoms with Gasteiger partial charge in [0.1, 0.15) is 11.0 Å². The SMILES string of the molecule is CC(=O)N1CCC[C@H]1C(=O)NCc1nc(C)cs1. The Labute approximate surface area is 110 Å². The van der Waals surface area contributed by atoms with E-state index >= 15 is 0 Å². The Bertz CT molecular complexity index is 458. The molecule has 2 amide bonds. The molecule has 5 nitrogen and oxygen atoms in total. The first-order valence-corrected chi connectivity index (χ1v) is 6.92. The zero-order valence-electron chi connectivity index (χ0n) is 10.6. The molecule has 98 valence electrons. The number of nitrogens with zero attached hydrogens (tertiary/aromatic N) is 2. The average molecular weight is 267 g/mol. The number of thiazole rings is 1. The maximum atomic E-state index is 12.0. The summed E-state index contributed by atoms with van der Waals surface area (Å²) in [6.07, 6.45) is 1.65. The van der Waals surface area contributed by atoms with Gasteiger partial charge in [-0.15, -0.1) is 11.3 Å². The molecule has 0 aromatic carbocycles. The summed E-state index contributed by atoms with van der Waals surface area (Å²) in [4.78, 5) is 29.3. The van der Waals surface area contributed by atoms with Crippen molar-refractivity contribution in [2.24, 2.45) is 0 Å². The van der Waals surface area contributed by atoms with Gasteiger partial charge in [-0.1, -0.05) is 0 Å². The molecule has 1 fully saturated rings. The Morgan fingerprint density at radius 1 is 1.61 bits per heavy atom. The molecule has 0 unspecified atom stereocenters. The minimum Gasteiger partial charge on any atom is -0.348 e. The maximum Gasteiger partial charge on any atom is 0.243 e. The first-order chi connectivity index (χ1) is 8.58. The van der Waals surface area contributed by atoms with Crippen LogP contribution in [0.5, 0.6) is 0 Å². The molecule has 1 aliphatic rings. The predicted molar refractivity (Wildman–Crippen MR) is 69.1 cm³/mol. The number of amides is 2. The minimum absolute atomic E-state index is 0.0299. The van der Waals surface area contributed by atoms with Gasteiger partial charge in [-0.05, 0) is 19.8 Å². The van der Waals surface area contributed by atoms with Crippen molar-refractivity contribution in [3.8, 4) is 0 Å². The summed E-state index contributed by atoms with van der Waals surface area (Å²) in [5.41, 5.74) is 0.968. The summed E-state index contributed by atoms with van der Waals surface area (Å²) < 4.78 is 0. The van der Waals surface area contributed by atoms with Crippen molar-refractivity contribution in [3.05, 3.63) is 16.1 Å². The second-order valence-electron chi connectivity index (χ2n) is 4.47. The lowest BCUT2D eigenvalue weighted by Crippen LogP contribution is -2.44. The Hall–Kier alpha value is -1.43. The number of hydrogen-bond donors (Lipinski definition) is 1. The topological polar surface area (TPSA) is 62.3 Å². The highest BCUT2D eigenvalue weighted by atomic mass is 32.1. The van der Waals surface area contributed by atoms with Crippen LogP contribution in [0, 0.1) is 6.92 Å². The predicted octanol–water partition coefficient (Wildman–Crippen LogP) is 1.08. The van der Waals surface area contributed by atoms with E-state index in [0.29, 0.717) is 13.1 Å². The highest BCUT2D eigenvalue weighted by molar-refractivity contribution is 7.09. The molecule has 1 atom stereocenters. The molecule has 0 saturated carbocycles. The van der Waals surface area contributed by atoms with Gasteiger partial charge in [0.15, 0.2) is 0 Å². The lowest BCUT2D eigenvalue weighted by atomic mass is 10.2. The number of hydrogen-bond acceptors (Lipinski definition) is 4. The van der Waals surface area contributed by atoms with Gasteiger partial charge in [0, 0.05) is 24.5 Å². The Morgan fingerprint density at radius 3 is 3.00 bits per heavy atom. The molecule has 2 heterocycles. The third-order valence-corrected chi connectivity index (χ3v) is 4.01. The molecular weight excluding hydrogens is 250 g/mol. The van der Waals surface area contributed by atoms with Crippen LogP contribution in [0.25, 0.3) is 0 Å². The number of carbonyl (C=O) groups excluding carboxylic acids is 2. The molecule has 1 saturated heterocycles. The molecule has 1 N–H and O–H groups in total. The molecule has 1 aliphatic heterocycles. The van der Waals surface area contributed by atoms with E-state index in [2.05, 4.69) is 10.3 Å². The fraction of sp³-hybridized carbons (Fsp3) is 0.583.